The van der Waals surface area contributed by atoms with E-state index in [0.29, 0.717) is 6.07 Å². The van der Waals surface area contributed by atoms with Crippen LogP contribution in [0.25, 0.3) is 0 Å². The summed E-state index contributed by atoms with van der Waals surface area (Å²) in [7, 11) is 1.01. The fourth-order valence-corrected chi connectivity index (χ4v) is 2.78. The van der Waals surface area contributed by atoms with Crippen LogP contribution in [0.1, 0.15) is 30.6 Å². The number of hydrogen-bond acceptors (Lipinski definition) is 3. The second-order valence-corrected chi connectivity index (χ2v) is 8.37. The molecule has 1 aliphatic rings. The molecule has 1 N–H and O–H groups in total. The highest BCUT2D eigenvalue weighted by Gasteiger charge is 2.46. The molecule has 1 aromatic rings. The standard InChI is InChI=1S/C12H12Cl2FNO3S/c1-12(2)5-9(12)16-11(17)7-3-6(20(14,18)19)4-8(15)10(7)13/h3-4,9H,5H2,1-2H3,(H,16,17). The summed E-state index contributed by atoms with van der Waals surface area (Å²) in [4.78, 5) is 11.5. The molecule has 8 heteroatoms. The molecule has 1 unspecified atom stereocenters. The smallest absolute Gasteiger partial charge is 0.261 e. The van der Waals surface area contributed by atoms with Crippen molar-refractivity contribution in [2.75, 3.05) is 0 Å². The Morgan fingerprint density at radius 1 is 1.45 bits per heavy atom. The first-order valence-electron chi connectivity index (χ1n) is 5.77. The van der Waals surface area contributed by atoms with Gasteiger partial charge in [0.25, 0.3) is 15.0 Å². The van der Waals surface area contributed by atoms with Gasteiger partial charge in [-0.15, -0.1) is 0 Å². The van der Waals surface area contributed by atoms with Gasteiger partial charge in [0, 0.05) is 16.7 Å². The van der Waals surface area contributed by atoms with Crippen molar-refractivity contribution in [3.05, 3.63) is 28.5 Å². The fraction of sp³-hybridized carbons (Fsp3) is 0.417. The molecule has 1 aromatic carbocycles. The third-order valence-electron chi connectivity index (χ3n) is 3.35. The van der Waals surface area contributed by atoms with E-state index >= 15 is 0 Å². The number of carbonyl (C=O) groups excluding carboxylic acids is 1. The van der Waals surface area contributed by atoms with E-state index in [2.05, 4.69) is 5.32 Å². The summed E-state index contributed by atoms with van der Waals surface area (Å²) in [6.45, 7) is 3.94. The Kier molecular flexibility index (Phi) is 3.77. The third kappa shape index (κ3) is 3.07. The molecule has 20 heavy (non-hydrogen) atoms. The highest BCUT2D eigenvalue weighted by Crippen LogP contribution is 2.44. The van der Waals surface area contributed by atoms with Crippen molar-refractivity contribution in [2.24, 2.45) is 5.41 Å². The van der Waals surface area contributed by atoms with Gasteiger partial charge in [-0.25, -0.2) is 12.8 Å². The molecular weight excluding hydrogens is 328 g/mol. The zero-order valence-corrected chi connectivity index (χ0v) is 13.0. The van der Waals surface area contributed by atoms with Gasteiger partial charge in [-0.2, -0.15) is 0 Å². The number of rotatable bonds is 3. The minimum Gasteiger partial charge on any atom is -0.349 e. The van der Waals surface area contributed by atoms with Crippen LogP contribution in [-0.4, -0.2) is 20.4 Å². The average Bonchev–Trinajstić information content (AvgIpc) is 2.87. The lowest BCUT2D eigenvalue weighted by molar-refractivity contribution is 0.0946. The van der Waals surface area contributed by atoms with Crippen LogP contribution in [0, 0.1) is 11.2 Å². The van der Waals surface area contributed by atoms with Gasteiger partial charge in [-0.05, 0) is 24.0 Å². The second-order valence-electron chi connectivity index (χ2n) is 5.42. The molecule has 0 aliphatic heterocycles. The van der Waals surface area contributed by atoms with Gasteiger partial charge in [0.1, 0.15) is 5.82 Å². The summed E-state index contributed by atoms with van der Waals surface area (Å²) in [6, 6.07) is 1.62. The number of hydrogen-bond donors (Lipinski definition) is 1. The van der Waals surface area contributed by atoms with Crippen molar-refractivity contribution in [2.45, 2.75) is 31.2 Å². The lowest BCUT2D eigenvalue weighted by Crippen LogP contribution is -2.28. The summed E-state index contributed by atoms with van der Waals surface area (Å²) in [6.07, 6.45) is 0.798. The Labute approximate surface area is 125 Å². The molecule has 0 heterocycles. The summed E-state index contributed by atoms with van der Waals surface area (Å²) in [5.74, 6) is -1.62. The maximum atomic E-state index is 13.6. The van der Waals surface area contributed by atoms with Crippen LogP contribution in [0.5, 0.6) is 0 Å². The Morgan fingerprint density at radius 2 is 2.00 bits per heavy atom. The molecule has 4 nitrogen and oxygen atoms in total. The van der Waals surface area contributed by atoms with Crippen LogP contribution in [0.15, 0.2) is 17.0 Å². The first-order chi connectivity index (χ1) is 9.02. The number of nitrogens with one attached hydrogen (secondary N) is 1. The van der Waals surface area contributed by atoms with Crippen molar-refractivity contribution in [1.82, 2.24) is 5.32 Å². The van der Waals surface area contributed by atoms with Crippen LogP contribution < -0.4 is 5.32 Å². The molecule has 0 saturated heterocycles. The van der Waals surface area contributed by atoms with Crippen LogP contribution in [0.4, 0.5) is 4.39 Å². The molecule has 0 bridgehead atoms. The van der Waals surface area contributed by atoms with Gasteiger partial charge < -0.3 is 5.32 Å². The monoisotopic (exact) mass is 339 g/mol. The molecule has 0 spiro atoms. The minimum atomic E-state index is -4.14. The molecular formula is C12H12Cl2FNO3S. The zero-order chi connectivity index (χ0) is 15.3. The number of halogens is 3. The van der Waals surface area contributed by atoms with Crippen molar-refractivity contribution < 1.29 is 17.6 Å². The SMILES string of the molecule is CC1(C)CC1NC(=O)c1cc(S(=O)(=O)Cl)cc(F)c1Cl. The summed E-state index contributed by atoms with van der Waals surface area (Å²) in [5.41, 5.74) is -0.259. The van der Waals surface area contributed by atoms with E-state index in [0.717, 1.165) is 12.5 Å². The molecule has 1 atom stereocenters. The van der Waals surface area contributed by atoms with E-state index in [1.807, 2.05) is 13.8 Å². The first-order valence-corrected chi connectivity index (χ1v) is 8.46. The quantitative estimate of drug-likeness (QED) is 0.861. The van der Waals surface area contributed by atoms with Crippen molar-refractivity contribution in [1.29, 1.82) is 0 Å². The van der Waals surface area contributed by atoms with Crippen LogP contribution >= 0.6 is 22.3 Å². The van der Waals surface area contributed by atoms with E-state index in [1.165, 1.54) is 0 Å². The van der Waals surface area contributed by atoms with Crippen LogP contribution in [-0.2, 0) is 9.05 Å². The number of benzene rings is 1. The fourth-order valence-electron chi connectivity index (χ4n) is 1.82. The third-order valence-corrected chi connectivity index (χ3v) is 5.06. The Hall–Kier alpha value is -0.850. The molecule has 0 radical (unpaired) electrons. The maximum absolute atomic E-state index is 13.6. The molecule has 1 amide bonds. The highest BCUT2D eigenvalue weighted by atomic mass is 35.7. The zero-order valence-electron chi connectivity index (χ0n) is 10.7. The normalized spacial score (nSPS) is 20.6. The van der Waals surface area contributed by atoms with Gasteiger partial charge in [0.05, 0.1) is 15.5 Å². The predicted octanol–water partition coefficient (Wildman–Crippen LogP) is 2.93. The van der Waals surface area contributed by atoms with Gasteiger partial charge in [-0.3, -0.25) is 4.79 Å². The van der Waals surface area contributed by atoms with Gasteiger partial charge in [0.2, 0.25) is 0 Å². The van der Waals surface area contributed by atoms with E-state index in [1.54, 1.807) is 0 Å². The number of amides is 1. The summed E-state index contributed by atoms with van der Waals surface area (Å²) >= 11 is 5.71. The van der Waals surface area contributed by atoms with Gasteiger partial charge in [0.15, 0.2) is 0 Å². The average molecular weight is 340 g/mol. The van der Waals surface area contributed by atoms with Crippen LogP contribution in [0.3, 0.4) is 0 Å². The lowest BCUT2D eigenvalue weighted by Gasteiger charge is -2.10. The Bertz CT molecular complexity index is 688. The van der Waals surface area contributed by atoms with E-state index in [4.69, 9.17) is 22.3 Å². The van der Waals surface area contributed by atoms with E-state index in [-0.39, 0.29) is 17.0 Å². The predicted molar refractivity (Wildman–Crippen MR) is 74.1 cm³/mol. The van der Waals surface area contributed by atoms with E-state index < -0.39 is 30.7 Å². The van der Waals surface area contributed by atoms with Crippen LogP contribution in [0.2, 0.25) is 5.02 Å². The van der Waals surface area contributed by atoms with Gasteiger partial charge >= 0.3 is 0 Å². The largest absolute Gasteiger partial charge is 0.349 e. The van der Waals surface area contributed by atoms with Crippen molar-refractivity contribution in [3.63, 3.8) is 0 Å². The van der Waals surface area contributed by atoms with E-state index in [9.17, 15) is 17.6 Å². The lowest BCUT2D eigenvalue weighted by atomic mass is 10.1. The topological polar surface area (TPSA) is 63.2 Å². The summed E-state index contributed by atoms with van der Waals surface area (Å²) in [5, 5.41) is 2.25. The minimum absolute atomic E-state index is 0.0170. The molecule has 1 saturated carbocycles. The molecule has 110 valence electrons. The Morgan fingerprint density at radius 3 is 2.45 bits per heavy atom. The molecule has 0 aromatic heterocycles. The van der Waals surface area contributed by atoms with Crippen molar-refractivity contribution >= 4 is 37.2 Å². The maximum Gasteiger partial charge on any atom is 0.261 e. The summed E-state index contributed by atoms with van der Waals surface area (Å²) < 4.78 is 36.1. The molecule has 1 fully saturated rings. The highest BCUT2D eigenvalue weighted by molar-refractivity contribution is 8.13. The Balaban J connectivity index is 2.36. The number of carbonyl (C=O) groups is 1. The first kappa shape index (κ1) is 15.5. The van der Waals surface area contributed by atoms with Crippen molar-refractivity contribution in [3.8, 4) is 0 Å². The molecule has 2 rings (SSSR count). The van der Waals surface area contributed by atoms with Gasteiger partial charge in [-0.1, -0.05) is 25.4 Å². The molecule has 1 aliphatic carbocycles. The second kappa shape index (κ2) is 4.86.